The first-order valence-electron chi connectivity index (χ1n) is 21.1. The first kappa shape index (κ1) is 36.4. The molecular formula is C58H34N2S3. The molecule has 0 spiro atoms. The minimum atomic E-state index is 0.699. The summed E-state index contributed by atoms with van der Waals surface area (Å²) in [5.41, 5.74) is 12.0. The summed E-state index contributed by atoms with van der Waals surface area (Å²) in [6, 6.07) is 75.0. The fraction of sp³-hybridized carbons (Fsp3) is 0. The quantitative estimate of drug-likeness (QED) is 0.167. The molecule has 0 aliphatic heterocycles. The maximum Gasteiger partial charge on any atom is 0.160 e. The lowest BCUT2D eigenvalue weighted by atomic mass is 9.93. The Bertz CT molecular complexity index is 3800. The summed E-state index contributed by atoms with van der Waals surface area (Å²) in [4.78, 5) is 10.7. The second kappa shape index (κ2) is 14.7. The first-order chi connectivity index (χ1) is 31.2. The molecule has 0 radical (unpaired) electrons. The lowest BCUT2D eigenvalue weighted by Crippen LogP contribution is -1.97. The molecule has 0 unspecified atom stereocenters. The summed E-state index contributed by atoms with van der Waals surface area (Å²) >= 11 is 5.59. The summed E-state index contributed by atoms with van der Waals surface area (Å²) in [5.74, 6) is 0.699. The van der Waals surface area contributed by atoms with Crippen LogP contribution in [0.2, 0.25) is 0 Å². The average molecular weight is 855 g/mol. The van der Waals surface area contributed by atoms with Gasteiger partial charge in [-0.15, -0.1) is 34.0 Å². The van der Waals surface area contributed by atoms with E-state index < -0.39 is 0 Å². The van der Waals surface area contributed by atoms with E-state index in [0.29, 0.717) is 5.82 Å². The molecule has 0 fully saturated rings. The van der Waals surface area contributed by atoms with Gasteiger partial charge < -0.3 is 0 Å². The molecule has 0 atom stereocenters. The zero-order valence-corrected chi connectivity index (χ0v) is 36.2. The van der Waals surface area contributed by atoms with Crippen LogP contribution in [-0.4, -0.2) is 9.97 Å². The monoisotopic (exact) mass is 854 g/mol. The van der Waals surface area contributed by atoms with Crippen molar-refractivity contribution in [1.29, 1.82) is 0 Å². The summed E-state index contributed by atoms with van der Waals surface area (Å²) < 4.78 is 7.79. The van der Waals surface area contributed by atoms with Gasteiger partial charge in [-0.2, -0.15) is 0 Å². The van der Waals surface area contributed by atoms with Crippen molar-refractivity contribution in [2.45, 2.75) is 0 Å². The fourth-order valence-electron chi connectivity index (χ4n) is 9.26. The molecule has 4 aromatic heterocycles. The van der Waals surface area contributed by atoms with Gasteiger partial charge in [0.2, 0.25) is 0 Å². The second-order valence-corrected chi connectivity index (χ2v) is 19.3. The van der Waals surface area contributed by atoms with E-state index in [2.05, 4.69) is 200 Å². The highest BCUT2D eigenvalue weighted by atomic mass is 32.1. The summed E-state index contributed by atoms with van der Waals surface area (Å²) in [6.45, 7) is 0. The lowest BCUT2D eigenvalue weighted by Gasteiger charge is -2.14. The van der Waals surface area contributed by atoms with E-state index in [9.17, 15) is 0 Å². The van der Waals surface area contributed by atoms with Crippen LogP contribution in [0.4, 0.5) is 0 Å². The van der Waals surface area contributed by atoms with Crippen LogP contribution in [0.5, 0.6) is 0 Å². The third-order valence-corrected chi connectivity index (χ3v) is 15.9. The van der Waals surface area contributed by atoms with Crippen LogP contribution >= 0.6 is 34.0 Å². The molecule has 0 saturated carbocycles. The Morgan fingerprint density at radius 2 is 0.698 bits per heavy atom. The van der Waals surface area contributed by atoms with Crippen molar-refractivity contribution in [3.8, 4) is 67.3 Å². The van der Waals surface area contributed by atoms with Crippen molar-refractivity contribution in [2.24, 2.45) is 0 Å². The molecule has 13 aromatic rings. The van der Waals surface area contributed by atoms with Crippen molar-refractivity contribution >= 4 is 94.5 Å². The van der Waals surface area contributed by atoms with Crippen molar-refractivity contribution < 1.29 is 0 Å². The van der Waals surface area contributed by atoms with Gasteiger partial charge in [-0.1, -0.05) is 146 Å². The SMILES string of the molecule is c1ccc(-c2nc(-c3cccc(-c4ccc5sc6ccccc6c5c4)c3)cc(-c3cc(-c4cccc5c4sc4ccccc45)cc(-c4cccc5c4sc4ccccc45)c3)n2)cc1. The molecule has 0 N–H and O–H groups in total. The summed E-state index contributed by atoms with van der Waals surface area (Å²) in [6.07, 6.45) is 0. The molecule has 0 aliphatic rings. The van der Waals surface area contributed by atoms with E-state index in [-0.39, 0.29) is 0 Å². The molecule has 13 rings (SSSR count). The van der Waals surface area contributed by atoms with Gasteiger partial charge >= 0.3 is 0 Å². The smallest absolute Gasteiger partial charge is 0.160 e. The van der Waals surface area contributed by atoms with E-state index in [1.807, 2.05) is 40.1 Å². The number of hydrogen-bond acceptors (Lipinski definition) is 5. The summed E-state index contributed by atoms with van der Waals surface area (Å²) in [5, 5.41) is 7.76. The predicted octanol–water partition coefficient (Wildman–Crippen LogP) is 17.6. The van der Waals surface area contributed by atoms with E-state index in [4.69, 9.17) is 9.97 Å². The molecule has 2 nitrogen and oxygen atoms in total. The Hall–Kier alpha value is -7.28. The Balaban J connectivity index is 1.03. The Kier molecular flexibility index (Phi) is 8.48. The van der Waals surface area contributed by atoms with Gasteiger partial charge in [0.05, 0.1) is 11.4 Å². The van der Waals surface area contributed by atoms with Crippen LogP contribution < -0.4 is 0 Å². The highest BCUT2D eigenvalue weighted by Gasteiger charge is 2.18. The molecule has 0 bridgehead atoms. The van der Waals surface area contributed by atoms with Gasteiger partial charge in [0.25, 0.3) is 0 Å². The van der Waals surface area contributed by atoms with E-state index >= 15 is 0 Å². The first-order valence-corrected chi connectivity index (χ1v) is 23.6. The molecule has 9 aromatic carbocycles. The highest BCUT2D eigenvalue weighted by molar-refractivity contribution is 7.27. The number of rotatable bonds is 6. The third-order valence-electron chi connectivity index (χ3n) is 12.3. The van der Waals surface area contributed by atoms with Gasteiger partial charge in [0.1, 0.15) is 0 Å². The summed E-state index contributed by atoms with van der Waals surface area (Å²) in [7, 11) is 0. The van der Waals surface area contributed by atoms with Crippen LogP contribution in [0.3, 0.4) is 0 Å². The number of aromatic nitrogens is 2. The van der Waals surface area contributed by atoms with Gasteiger partial charge in [-0.3, -0.25) is 0 Å². The van der Waals surface area contributed by atoms with E-state index in [1.165, 1.54) is 77.2 Å². The van der Waals surface area contributed by atoms with Crippen molar-refractivity contribution in [3.63, 3.8) is 0 Å². The number of hydrogen-bond donors (Lipinski definition) is 0. The standard InChI is InChI=1S/C58H34N2S3/c1-2-13-35(14-3-1)58-59-50(38-16-10-15-36(29-38)37-27-28-55-49(33-37)46-19-6-7-24-52(46)61-55)34-51(60-58)41-31-39(42-20-11-22-47-44-17-4-8-25-53(44)62-56(42)47)30-40(32-41)43-21-12-23-48-45-18-5-9-26-54(45)63-57(43)48/h1-34H. The minimum absolute atomic E-state index is 0.699. The number of nitrogens with zero attached hydrogens (tertiary/aromatic N) is 2. The molecule has 0 aliphatic carbocycles. The topological polar surface area (TPSA) is 25.8 Å². The second-order valence-electron chi connectivity index (χ2n) is 16.1. The van der Waals surface area contributed by atoms with Crippen LogP contribution in [0.25, 0.3) is 128 Å². The molecule has 0 amide bonds. The predicted molar refractivity (Wildman–Crippen MR) is 273 cm³/mol. The van der Waals surface area contributed by atoms with Crippen molar-refractivity contribution in [2.75, 3.05) is 0 Å². The molecular weight excluding hydrogens is 821 g/mol. The average Bonchev–Trinajstić information content (AvgIpc) is 4.05. The Morgan fingerprint density at radius 3 is 1.35 bits per heavy atom. The maximum absolute atomic E-state index is 5.40. The maximum atomic E-state index is 5.40. The van der Waals surface area contributed by atoms with Crippen LogP contribution in [0.1, 0.15) is 0 Å². The number of thiophene rings is 3. The largest absolute Gasteiger partial charge is 0.228 e. The van der Waals surface area contributed by atoms with Crippen LogP contribution in [-0.2, 0) is 0 Å². The van der Waals surface area contributed by atoms with Gasteiger partial charge in [-0.05, 0) is 94.0 Å². The highest BCUT2D eigenvalue weighted by Crippen LogP contribution is 2.45. The molecule has 4 heterocycles. The van der Waals surface area contributed by atoms with Crippen LogP contribution in [0, 0.1) is 0 Å². The zero-order valence-electron chi connectivity index (χ0n) is 33.7. The fourth-order valence-corrected chi connectivity index (χ4v) is 12.8. The van der Waals surface area contributed by atoms with Gasteiger partial charge in [0, 0.05) is 77.2 Å². The van der Waals surface area contributed by atoms with E-state index in [0.717, 1.165) is 44.8 Å². The molecule has 5 heteroatoms. The van der Waals surface area contributed by atoms with Gasteiger partial charge in [0.15, 0.2) is 5.82 Å². The van der Waals surface area contributed by atoms with Crippen molar-refractivity contribution in [1.82, 2.24) is 9.97 Å². The minimum Gasteiger partial charge on any atom is -0.228 e. The normalized spacial score (nSPS) is 11.8. The number of fused-ring (bicyclic) bond motifs is 9. The molecule has 294 valence electrons. The molecule has 63 heavy (non-hydrogen) atoms. The van der Waals surface area contributed by atoms with Gasteiger partial charge in [-0.25, -0.2) is 9.97 Å². The van der Waals surface area contributed by atoms with Crippen LogP contribution in [0.15, 0.2) is 206 Å². The number of benzene rings is 9. The molecule has 0 saturated heterocycles. The van der Waals surface area contributed by atoms with Crippen molar-refractivity contribution in [3.05, 3.63) is 206 Å². The zero-order chi connectivity index (χ0) is 41.4. The van der Waals surface area contributed by atoms with E-state index in [1.54, 1.807) is 0 Å². The lowest BCUT2D eigenvalue weighted by molar-refractivity contribution is 1.18. The Labute approximate surface area is 375 Å². The Morgan fingerprint density at radius 1 is 0.254 bits per heavy atom. The third kappa shape index (κ3) is 6.19.